The minimum absolute atomic E-state index is 0.139. The number of rotatable bonds is 3. The van der Waals surface area contributed by atoms with Gasteiger partial charge < -0.3 is 15.3 Å². The second kappa shape index (κ2) is 4.98. The molecule has 18 heavy (non-hydrogen) atoms. The molecule has 1 aromatic carbocycles. The zero-order valence-electron chi connectivity index (χ0n) is 10.9. The van der Waals surface area contributed by atoms with Crippen LogP contribution in [0.3, 0.4) is 0 Å². The molecule has 0 spiro atoms. The van der Waals surface area contributed by atoms with E-state index in [1.165, 1.54) is 0 Å². The number of carbonyl (C=O) groups is 1. The standard InChI is InChI=1S/C14H20N2O2/c1-3-8-14(18)9-16(10-14)13(17)15-12-6-4-11(2)5-7-12/h4-7,18H,3,8-10H2,1-2H3,(H,15,17). The van der Waals surface area contributed by atoms with E-state index < -0.39 is 5.60 Å². The SMILES string of the molecule is CCCC1(O)CN(C(=O)Nc2ccc(C)cc2)C1. The van der Waals surface area contributed by atoms with Gasteiger partial charge in [-0.15, -0.1) is 0 Å². The van der Waals surface area contributed by atoms with Crippen LogP contribution in [0.25, 0.3) is 0 Å². The number of anilines is 1. The molecule has 1 saturated heterocycles. The van der Waals surface area contributed by atoms with Crippen LogP contribution >= 0.6 is 0 Å². The predicted molar refractivity (Wildman–Crippen MR) is 71.6 cm³/mol. The van der Waals surface area contributed by atoms with Gasteiger partial charge in [0.25, 0.3) is 0 Å². The summed E-state index contributed by atoms with van der Waals surface area (Å²) in [7, 11) is 0. The maximum atomic E-state index is 11.9. The van der Waals surface area contributed by atoms with E-state index in [9.17, 15) is 9.90 Å². The lowest BCUT2D eigenvalue weighted by Gasteiger charge is -2.46. The summed E-state index contributed by atoms with van der Waals surface area (Å²) < 4.78 is 0. The molecule has 2 rings (SSSR count). The van der Waals surface area contributed by atoms with Gasteiger partial charge >= 0.3 is 6.03 Å². The van der Waals surface area contributed by atoms with Crippen molar-refractivity contribution in [2.45, 2.75) is 32.3 Å². The average molecular weight is 248 g/mol. The lowest BCUT2D eigenvalue weighted by molar-refractivity contribution is -0.0792. The van der Waals surface area contributed by atoms with Crippen molar-refractivity contribution in [1.82, 2.24) is 4.90 Å². The van der Waals surface area contributed by atoms with Crippen molar-refractivity contribution < 1.29 is 9.90 Å². The largest absolute Gasteiger partial charge is 0.386 e. The molecule has 0 bridgehead atoms. The summed E-state index contributed by atoms with van der Waals surface area (Å²) >= 11 is 0. The van der Waals surface area contributed by atoms with E-state index in [-0.39, 0.29) is 6.03 Å². The Morgan fingerprint density at radius 1 is 1.39 bits per heavy atom. The molecular formula is C14H20N2O2. The van der Waals surface area contributed by atoms with Gasteiger partial charge in [-0.25, -0.2) is 4.79 Å². The number of hydrogen-bond donors (Lipinski definition) is 2. The number of aliphatic hydroxyl groups is 1. The summed E-state index contributed by atoms with van der Waals surface area (Å²) in [5, 5.41) is 12.8. The first-order valence-corrected chi connectivity index (χ1v) is 6.37. The molecule has 1 aliphatic rings. The van der Waals surface area contributed by atoms with Crippen LogP contribution in [0.15, 0.2) is 24.3 Å². The highest BCUT2D eigenvalue weighted by Gasteiger charge is 2.42. The Labute approximate surface area is 108 Å². The fourth-order valence-electron chi connectivity index (χ4n) is 2.27. The molecule has 1 heterocycles. The average Bonchev–Trinajstić information content (AvgIpc) is 2.29. The van der Waals surface area contributed by atoms with Crippen LogP contribution in [0.5, 0.6) is 0 Å². The Balaban J connectivity index is 1.85. The van der Waals surface area contributed by atoms with Crippen LogP contribution in [0.1, 0.15) is 25.3 Å². The van der Waals surface area contributed by atoms with E-state index in [4.69, 9.17) is 0 Å². The first kappa shape index (κ1) is 12.9. The number of carbonyl (C=O) groups excluding carboxylic acids is 1. The van der Waals surface area contributed by atoms with Crippen LogP contribution < -0.4 is 5.32 Å². The summed E-state index contributed by atoms with van der Waals surface area (Å²) in [4.78, 5) is 13.5. The van der Waals surface area contributed by atoms with Crippen molar-refractivity contribution in [1.29, 1.82) is 0 Å². The summed E-state index contributed by atoms with van der Waals surface area (Å²) in [6.07, 6.45) is 1.69. The van der Waals surface area contributed by atoms with Gasteiger partial charge in [0.1, 0.15) is 0 Å². The Hall–Kier alpha value is -1.55. The van der Waals surface area contributed by atoms with Crippen molar-refractivity contribution in [2.24, 2.45) is 0 Å². The van der Waals surface area contributed by atoms with Gasteiger partial charge in [0.2, 0.25) is 0 Å². The maximum Gasteiger partial charge on any atom is 0.322 e. The molecule has 98 valence electrons. The highest BCUT2D eigenvalue weighted by atomic mass is 16.3. The third-order valence-electron chi connectivity index (χ3n) is 3.28. The highest BCUT2D eigenvalue weighted by Crippen LogP contribution is 2.26. The number of nitrogens with zero attached hydrogens (tertiary/aromatic N) is 1. The van der Waals surface area contributed by atoms with E-state index in [1.807, 2.05) is 38.1 Å². The molecule has 0 aliphatic carbocycles. The van der Waals surface area contributed by atoms with Crippen molar-refractivity contribution in [3.05, 3.63) is 29.8 Å². The Morgan fingerprint density at radius 2 is 2.00 bits per heavy atom. The minimum Gasteiger partial charge on any atom is -0.386 e. The second-order valence-electron chi connectivity index (χ2n) is 5.13. The number of nitrogens with one attached hydrogen (secondary N) is 1. The molecule has 0 atom stereocenters. The van der Waals surface area contributed by atoms with Crippen LogP contribution in [0.2, 0.25) is 0 Å². The molecule has 4 nitrogen and oxygen atoms in total. The Kier molecular flexibility index (Phi) is 3.57. The molecule has 0 radical (unpaired) electrons. The number of hydrogen-bond acceptors (Lipinski definition) is 2. The topological polar surface area (TPSA) is 52.6 Å². The number of benzene rings is 1. The third kappa shape index (κ3) is 2.82. The zero-order valence-corrected chi connectivity index (χ0v) is 10.9. The molecule has 2 N–H and O–H groups in total. The lowest BCUT2D eigenvalue weighted by atomic mass is 9.90. The summed E-state index contributed by atoms with van der Waals surface area (Å²) in [5.74, 6) is 0. The molecular weight excluding hydrogens is 228 g/mol. The van der Waals surface area contributed by atoms with Crippen LogP contribution in [-0.2, 0) is 0 Å². The molecule has 0 saturated carbocycles. The fourth-order valence-corrected chi connectivity index (χ4v) is 2.27. The van der Waals surface area contributed by atoms with Gasteiger partial charge in [0.15, 0.2) is 0 Å². The van der Waals surface area contributed by atoms with Crippen LogP contribution in [0, 0.1) is 6.92 Å². The van der Waals surface area contributed by atoms with Gasteiger partial charge in [-0.1, -0.05) is 31.0 Å². The third-order valence-corrected chi connectivity index (χ3v) is 3.28. The van der Waals surface area contributed by atoms with E-state index in [0.29, 0.717) is 13.1 Å². The molecule has 1 aromatic rings. The number of likely N-dealkylation sites (tertiary alicyclic amines) is 1. The van der Waals surface area contributed by atoms with Crippen molar-refractivity contribution in [3.63, 3.8) is 0 Å². The molecule has 0 aromatic heterocycles. The molecule has 4 heteroatoms. The van der Waals surface area contributed by atoms with Crippen molar-refractivity contribution >= 4 is 11.7 Å². The van der Waals surface area contributed by atoms with Crippen LogP contribution in [0.4, 0.5) is 10.5 Å². The van der Waals surface area contributed by atoms with E-state index in [2.05, 4.69) is 5.32 Å². The highest BCUT2D eigenvalue weighted by molar-refractivity contribution is 5.90. The Morgan fingerprint density at radius 3 is 2.56 bits per heavy atom. The zero-order chi connectivity index (χ0) is 13.2. The predicted octanol–water partition coefficient (Wildman–Crippen LogP) is 2.37. The number of urea groups is 1. The molecule has 1 fully saturated rings. The smallest absolute Gasteiger partial charge is 0.322 e. The fraction of sp³-hybridized carbons (Fsp3) is 0.500. The maximum absolute atomic E-state index is 11.9. The van der Waals surface area contributed by atoms with E-state index in [1.54, 1.807) is 4.90 Å². The summed E-state index contributed by atoms with van der Waals surface area (Å²) in [5.41, 5.74) is 1.28. The molecule has 1 aliphatic heterocycles. The van der Waals surface area contributed by atoms with Crippen molar-refractivity contribution in [3.8, 4) is 0 Å². The minimum atomic E-state index is -0.667. The van der Waals surface area contributed by atoms with Gasteiger partial charge in [-0.3, -0.25) is 0 Å². The Bertz CT molecular complexity index is 422. The molecule has 0 unspecified atom stereocenters. The van der Waals surface area contributed by atoms with Gasteiger partial charge in [-0.2, -0.15) is 0 Å². The van der Waals surface area contributed by atoms with E-state index >= 15 is 0 Å². The lowest BCUT2D eigenvalue weighted by Crippen LogP contribution is -2.64. The van der Waals surface area contributed by atoms with Gasteiger partial charge in [0, 0.05) is 5.69 Å². The first-order chi connectivity index (χ1) is 8.52. The van der Waals surface area contributed by atoms with E-state index in [0.717, 1.165) is 24.1 Å². The van der Waals surface area contributed by atoms with Gasteiger partial charge in [0.05, 0.1) is 18.7 Å². The second-order valence-corrected chi connectivity index (χ2v) is 5.13. The summed E-state index contributed by atoms with van der Waals surface area (Å²) in [6, 6.07) is 7.54. The quantitative estimate of drug-likeness (QED) is 0.863. The number of β-amino-alcohol motifs (C(OH)–C–C–N with tert-alkyl or cyclic N) is 1. The number of aryl methyl sites for hydroxylation is 1. The van der Waals surface area contributed by atoms with Crippen LogP contribution in [-0.4, -0.2) is 34.7 Å². The normalized spacial score (nSPS) is 17.2. The summed E-state index contributed by atoms with van der Waals surface area (Å²) in [6.45, 7) is 4.90. The molecule has 2 amide bonds. The monoisotopic (exact) mass is 248 g/mol. The number of amides is 2. The first-order valence-electron chi connectivity index (χ1n) is 6.37. The van der Waals surface area contributed by atoms with Crippen molar-refractivity contribution in [2.75, 3.05) is 18.4 Å². The van der Waals surface area contributed by atoms with Gasteiger partial charge in [-0.05, 0) is 25.5 Å².